The molecular formula is C23H24F2N8O2. The third kappa shape index (κ3) is 4.42. The van der Waals surface area contributed by atoms with E-state index >= 15 is 0 Å². The van der Waals surface area contributed by atoms with E-state index < -0.39 is 23.8 Å². The number of nitrogens with zero attached hydrogens (tertiary/aromatic N) is 6. The molecule has 0 radical (unpaired) electrons. The Morgan fingerprint density at radius 2 is 1.80 bits per heavy atom. The minimum Gasteiger partial charge on any atom is -0.465 e. The minimum absolute atomic E-state index is 0.0458. The number of benzene rings is 1. The lowest BCUT2D eigenvalue weighted by molar-refractivity contribution is 0.112. The number of fused-ring (bicyclic) bond motifs is 1. The van der Waals surface area contributed by atoms with Crippen molar-refractivity contribution in [3.05, 3.63) is 65.0 Å². The van der Waals surface area contributed by atoms with E-state index in [1.165, 1.54) is 21.7 Å². The molecule has 3 aromatic heterocycles. The number of hydrogen-bond acceptors (Lipinski definition) is 7. The molecule has 1 atom stereocenters. The van der Waals surface area contributed by atoms with Gasteiger partial charge in [0.2, 0.25) is 0 Å². The Bertz CT molecular complexity index is 1400. The summed E-state index contributed by atoms with van der Waals surface area (Å²) in [6, 6.07) is 6.36. The van der Waals surface area contributed by atoms with E-state index in [-0.39, 0.29) is 41.1 Å². The van der Waals surface area contributed by atoms with Crippen LogP contribution in [-0.2, 0) is 6.42 Å². The summed E-state index contributed by atoms with van der Waals surface area (Å²) in [5.74, 6) is -1.17. The van der Waals surface area contributed by atoms with Crippen LogP contribution >= 0.6 is 0 Å². The van der Waals surface area contributed by atoms with Crippen molar-refractivity contribution in [3.8, 4) is 5.95 Å². The van der Waals surface area contributed by atoms with Crippen molar-refractivity contribution in [1.29, 1.82) is 0 Å². The molecule has 12 heteroatoms. The van der Waals surface area contributed by atoms with E-state index in [0.29, 0.717) is 16.8 Å². The van der Waals surface area contributed by atoms with Gasteiger partial charge in [0, 0.05) is 18.5 Å². The molecule has 4 rings (SSSR count). The summed E-state index contributed by atoms with van der Waals surface area (Å²) in [4.78, 5) is 25.6. The van der Waals surface area contributed by atoms with Gasteiger partial charge < -0.3 is 16.6 Å². The molecule has 0 fully saturated rings. The van der Waals surface area contributed by atoms with Crippen LogP contribution in [-0.4, -0.2) is 46.9 Å². The number of amides is 1. The molecular weight excluding hydrogens is 458 g/mol. The van der Waals surface area contributed by atoms with Gasteiger partial charge in [-0.15, -0.1) is 0 Å². The summed E-state index contributed by atoms with van der Waals surface area (Å²) in [5.41, 5.74) is 14.0. The molecule has 5 N–H and O–H groups in total. The standard InChI is InChI=1S/C23H24F2N8O2/c1-11(2)32(23(34)35)12(3)18-20(26)29-22(30-21(18)27)33-17-9-14(24)10-28-19(17)16(31-33)8-13-6-4-5-7-15(13)25/h4-7,9-12H,8H2,1-3H3,(H,34,35)(H4,26,27,29,30). The van der Waals surface area contributed by atoms with Gasteiger partial charge in [-0.25, -0.2) is 18.6 Å². The summed E-state index contributed by atoms with van der Waals surface area (Å²) < 4.78 is 29.6. The maximum atomic E-state index is 14.3. The van der Waals surface area contributed by atoms with Crippen molar-refractivity contribution in [1.82, 2.24) is 29.6 Å². The number of halogens is 2. The Hall–Kier alpha value is -4.35. The normalized spacial score (nSPS) is 12.3. The minimum atomic E-state index is -1.15. The molecule has 3 heterocycles. The molecule has 0 aliphatic carbocycles. The maximum absolute atomic E-state index is 14.3. The zero-order chi connectivity index (χ0) is 25.4. The fraction of sp³-hybridized carbons (Fsp3) is 0.261. The van der Waals surface area contributed by atoms with Crippen LogP contribution in [0.1, 0.15) is 43.6 Å². The van der Waals surface area contributed by atoms with Gasteiger partial charge in [-0.1, -0.05) is 18.2 Å². The molecule has 182 valence electrons. The summed E-state index contributed by atoms with van der Waals surface area (Å²) >= 11 is 0. The van der Waals surface area contributed by atoms with Gasteiger partial charge in [0.05, 0.1) is 29.0 Å². The lowest BCUT2D eigenvalue weighted by atomic mass is 10.1. The number of anilines is 2. The second-order valence-corrected chi connectivity index (χ2v) is 8.32. The zero-order valence-electron chi connectivity index (χ0n) is 19.3. The van der Waals surface area contributed by atoms with Crippen LogP contribution in [0.3, 0.4) is 0 Å². The van der Waals surface area contributed by atoms with Crippen molar-refractivity contribution in [3.63, 3.8) is 0 Å². The molecule has 0 saturated carbocycles. The predicted octanol–water partition coefficient (Wildman–Crippen LogP) is 3.69. The molecule has 0 aliphatic rings. The highest BCUT2D eigenvalue weighted by Gasteiger charge is 2.29. The number of pyridine rings is 1. The molecule has 4 aromatic rings. The fourth-order valence-electron chi connectivity index (χ4n) is 4.12. The Morgan fingerprint density at radius 3 is 2.40 bits per heavy atom. The van der Waals surface area contributed by atoms with Crippen molar-refractivity contribution in [2.45, 2.75) is 39.3 Å². The highest BCUT2D eigenvalue weighted by Crippen LogP contribution is 2.32. The molecule has 0 spiro atoms. The quantitative estimate of drug-likeness (QED) is 0.377. The number of aromatic nitrogens is 5. The van der Waals surface area contributed by atoms with Crippen LogP contribution in [0, 0.1) is 11.6 Å². The van der Waals surface area contributed by atoms with E-state index in [0.717, 1.165) is 6.20 Å². The molecule has 0 saturated heterocycles. The maximum Gasteiger partial charge on any atom is 0.408 e. The Balaban J connectivity index is 1.83. The Labute approximate surface area is 199 Å². The fourth-order valence-corrected chi connectivity index (χ4v) is 4.12. The van der Waals surface area contributed by atoms with E-state index in [4.69, 9.17) is 11.5 Å². The number of carbonyl (C=O) groups is 1. The lowest BCUT2D eigenvalue weighted by Gasteiger charge is -2.31. The van der Waals surface area contributed by atoms with Crippen molar-refractivity contribution < 1.29 is 18.7 Å². The van der Waals surface area contributed by atoms with Gasteiger partial charge in [-0.3, -0.25) is 4.90 Å². The number of carboxylic acid groups (broad SMARTS) is 1. The van der Waals surface area contributed by atoms with E-state index in [9.17, 15) is 18.7 Å². The summed E-state index contributed by atoms with van der Waals surface area (Å²) in [5, 5.41) is 14.1. The first-order valence-corrected chi connectivity index (χ1v) is 10.8. The van der Waals surface area contributed by atoms with Crippen LogP contribution in [0.2, 0.25) is 0 Å². The summed E-state index contributed by atoms with van der Waals surface area (Å²) in [6.45, 7) is 5.08. The van der Waals surface area contributed by atoms with Crippen molar-refractivity contribution in [2.75, 3.05) is 11.5 Å². The van der Waals surface area contributed by atoms with Gasteiger partial charge in [-0.2, -0.15) is 19.7 Å². The highest BCUT2D eigenvalue weighted by atomic mass is 19.1. The molecule has 0 aliphatic heterocycles. The van der Waals surface area contributed by atoms with Gasteiger partial charge in [-0.05, 0) is 32.4 Å². The number of rotatable bonds is 6. The summed E-state index contributed by atoms with van der Waals surface area (Å²) in [7, 11) is 0. The molecule has 35 heavy (non-hydrogen) atoms. The molecule has 0 bridgehead atoms. The lowest BCUT2D eigenvalue weighted by Crippen LogP contribution is -2.38. The topological polar surface area (TPSA) is 149 Å². The number of nitrogens with two attached hydrogens (primary N) is 2. The predicted molar refractivity (Wildman–Crippen MR) is 126 cm³/mol. The Morgan fingerprint density at radius 1 is 1.14 bits per heavy atom. The van der Waals surface area contributed by atoms with Crippen LogP contribution < -0.4 is 11.5 Å². The molecule has 10 nitrogen and oxygen atoms in total. The van der Waals surface area contributed by atoms with Crippen LogP contribution in [0.5, 0.6) is 0 Å². The molecule has 1 amide bonds. The summed E-state index contributed by atoms with van der Waals surface area (Å²) in [6.07, 6.45) is -0.00985. The van der Waals surface area contributed by atoms with Gasteiger partial charge in [0.25, 0.3) is 5.95 Å². The van der Waals surface area contributed by atoms with Gasteiger partial charge >= 0.3 is 6.09 Å². The SMILES string of the molecule is CC(C)N(C(=O)O)C(C)c1c(N)nc(-n2nc(Cc3ccccc3F)c3ncc(F)cc32)nc1N. The smallest absolute Gasteiger partial charge is 0.408 e. The van der Waals surface area contributed by atoms with E-state index in [1.807, 2.05) is 0 Å². The first-order chi connectivity index (χ1) is 16.6. The Kier molecular flexibility index (Phi) is 6.20. The molecule has 1 aromatic carbocycles. The number of nitrogen functional groups attached to an aromatic ring is 2. The second kappa shape index (κ2) is 9.12. The third-order valence-electron chi connectivity index (χ3n) is 5.67. The average molecular weight is 482 g/mol. The number of hydrogen-bond donors (Lipinski definition) is 3. The van der Waals surface area contributed by atoms with E-state index in [2.05, 4.69) is 20.1 Å². The van der Waals surface area contributed by atoms with Crippen LogP contribution in [0.4, 0.5) is 25.2 Å². The second-order valence-electron chi connectivity index (χ2n) is 8.32. The van der Waals surface area contributed by atoms with Gasteiger partial charge in [0.15, 0.2) is 0 Å². The van der Waals surface area contributed by atoms with Gasteiger partial charge in [0.1, 0.15) is 28.8 Å². The first-order valence-electron chi connectivity index (χ1n) is 10.8. The van der Waals surface area contributed by atoms with E-state index in [1.54, 1.807) is 39.0 Å². The highest BCUT2D eigenvalue weighted by molar-refractivity contribution is 5.79. The first kappa shape index (κ1) is 23.8. The van der Waals surface area contributed by atoms with Crippen LogP contribution in [0.25, 0.3) is 17.0 Å². The molecule has 1 unspecified atom stereocenters. The van der Waals surface area contributed by atoms with Crippen LogP contribution in [0.15, 0.2) is 36.5 Å². The third-order valence-corrected chi connectivity index (χ3v) is 5.67. The van der Waals surface area contributed by atoms with Crippen molar-refractivity contribution in [2.24, 2.45) is 0 Å². The van der Waals surface area contributed by atoms with Crippen molar-refractivity contribution >= 4 is 28.8 Å². The average Bonchev–Trinajstić information content (AvgIpc) is 3.11. The zero-order valence-corrected chi connectivity index (χ0v) is 19.3. The largest absolute Gasteiger partial charge is 0.465 e. The monoisotopic (exact) mass is 482 g/mol.